The van der Waals surface area contributed by atoms with E-state index in [4.69, 9.17) is 4.74 Å². The SMILES string of the molecule is CCCCCCCOC(=O)c1ccc(-c2ncc(CCCCCCC)cn2)cc1. The zero-order chi connectivity index (χ0) is 20.7. The molecule has 2 rings (SSSR count). The van der Waals surface area contributed by atoms with Crippen molar-refractivity contribution < 1.29 is 9.53 Å². The summed E-state index contributed by atoms with van der Waals surface area (Å²) >= 11 is 0. The molecule has 0 aliphatic rings. The van der Waals surface area contributed by atoms with Crippen LogP contribution >= 0.6 is 0 Å². The monoisotopic (exact) mass is 396 g/mol. The second-order valence-electron chi connectivity index (χ2n) is 7.71. The van der Waals surface area contributed by atoms with Crippen LogP contribution in [-0.4, -0.2) is 22.5 Å². The van der Waals surface area contributed by atoms with Gasteiger partial charge in [-0.25, -0.2) is 14.8 Å². The highest BCUT2D eigenvalue weighted by Gasteiger charge is 2.08. The second-order valence-corrected chi connectivity index (χ2v) is 7.71. The molecule has 29 heavy (non-hydrogen) atoms. The molecule has 4 heteroatoms. The molecule has 0 saturated heterocycles. The lowest BCUT2D eigenvalue weighted by molar-refractivity contribution is 0.0497. The molecule has 0 aliphatic heterocycles. The Bertz CT molecular complexity index is 696. The van der Waals surface area contributed by atoms with Crippen molar-refractivity contribution in [3.8, 4) is 11.4 Å². The molecule has 0 N–H and O–H groups in total. The molecule has 0 amide bonds. The van der Waals surface area contributed by atoms with Gasteiger partial charge in [-0.05, 0) is 37.0 Å². The van der Waals surface area contributed by atoms with E-state index in [1.165, 1.54) is 56.9 Å². The highest BCUT2D eigenvalue weighted by molar-refractivity contribution is 5.89. The van der Waals surface area contributed by atoms with Gasteiger partial charge in [0.25, 0.3) is 0 Å². The Labute approximate surface area is 176 Å². The van der Waals surface area contributed by atoms with E-state index in [2.05, 4.69) is 23.8 Å². The van der Waals surface area contributed by atoms with E-state index in [1.807, 2.05) is 24.5 Å². The predicted molar refractivity (Wildman–Crippen MR) is 119 cm³/mol. The van der Waals surface area contributed by atoms with Crippen LogP contribution in [0.3, 0.4) is 0 Å². The fourth-order valence-electron chi connectivity index (χ4n) is 3.27. The minimum atomic E-state index is -0.258. The quantitative estimate of drug-likeness (QED) is 0.261. The van der Waals surface area contributed by atoms with Gasteiger partial charge >= 0.3 is 5.97 Å². The minimum Gasteiger partial charge on any atom is -0.462 e. The lowest BCUT2D eigenvalue weighted by Crippen LogP contribution is -2.06. The molecule has 158 valence electrons. The number of hydrogen-bond acceptors (Lipinski definition) is 4. The van der Waals surface area contributed by atoms with Crippen LogP contribution < -0.4 is 0 Å². The lowest BCUT2D eigenvalue weighted by Gasteiger charge is -2.06. The van der Waals surface area contributed by atoms with Gasteiger partial charge in [-0.1, -0.05) is 77.3 Å². The third-order valence-corrected chi connectivity index (χ3v) is 5.13. The molecule has 1 aromatic heterocycles. The standard InChI is InChI=1S/C25H36N2O2/c1-3-5-7-9-11-13-21-19-26-24(27-20-21)22-14-16-23(17-15-22)25(28)29-18-12-10-8-6-4-2/h14-17,19-20H,3-13,18H2,1-2H3. The summed E-state index contributed by atoms with van der Waals surface area (Å²) in [4.78, 5) is 21.1. The topological polar surface area (TPSA) is 52.1 Å². The Morgan fingerprint density at radius 2 is 1.38 bits per heavy atom. The first-order valence-electron chi connectivity index (χ1n) is 11.3. The largest absolute Gasteiger partial charge is 0.462 e. The van der Waals surface area contributed by atoms with Crippen LogP contribution in [0.1, 0.15) is 94.0 Å². The number of nitrogens with zero attached hydrogens (tertiary/aromatic N) is 2. The summed E-state index contributed by atoms with van der Waals surface area (Å²) in [5.74, 6) is 0.432. The van der Waals surface area contributed by atoms with Gasteiger partial charge in [0.05, 0.1) is 12.2 Å². The first-order valence-corrected chi connectivity index (χ1v) is 11.3. The van der Waals surface area contributed by atoms with Gasteiger partial charge in [0.15, 0.2) is 5.82 Å². The van der Waals surface area contributed by atoms with Crippen LogP contribution in [0.15, 0.2) is 36.7 Å². The summed E-state index contributed by atoms with van der Waals surface area (Å²) in [7, 11) is 0. The van der Waals surface area contributed by atoms with Gasteiger partial charge in [-0.15, -0.1) is 0 Å². The number of rotatable bonds is 14. The Morgan fingerprint density at radius 3 is 2.00 bits per heavy atom. The average Bonchev–Trinajstić information content (AvgIpc) is 2.76. The summed E-state index contributed by atoms with van der Waals surface area (Å²) in [5.41, 5.74) is 2.67. The van der Waals surface area contributed by atoms with E-state index >= 15 is 0 Å². The van der Waals surface area contributed by atoms with Gasteiger partial charge in [0.1, 0.15) is 0 Å². The van der Waals surface area contributed by atoms with Crippen LogP contribution in [0.2, 0.25) is 0 Å². The number of aryl methyl sites for hydroxylation is 1. The van der Waals surface area contributed by atoms with Crippen molar-refractivity contribution in [2.24, 2.45) is 0 Å². The van der Waals surface area contributed by atoms with Gasteiger partial charge in [0, 0.05) is 18.0 Å². The van der Waals surface area contributed by atoms with Gasteiger partial charge in [0.2, 0.25) is 0 Å². The number of benzene rings is 1. The molecule has 0 radical (unpaired) electrons. The first-order chi connectivity index (χ1) is 14.2. The maximum atomic E-state index is 12.1. The van der Waals surface area contributed by atoms with Crippen LogP contribution in [0.25, 0.3) is 11.4 Å². The first kappa shape index (κ1) is 23.1. The molecular formula is C25H36N2O2. The fraction of sp³-hybridized carbons (Fsp3) is 0.560. The van der Waals surface area contributed by atoms with E-state index < -0.39 is 0 Å². The molecule has 4 nitrogen and oxygen atoms in total. The molecule has 2 aromatic rings. The van der Waals surface area contributed by atoms with Crippen molar-refractivity contribution in [3.63, 3.8) is 0 Å². The Hall–Kier alpha value is -2.23. The molecule has 1 heterocycles. The van der Waals surface area contributed by atoms with Crippen molar-refractivity contribution in [1.82, 2.24) is 9.97 Å². The van der Waals surface area contributed by atoms with Gasteiger partial charge in [-0.3, -0.25) is 0 Å². The molecule has 0 atom stereocenters. The normalized spacial score (nSPS) is 10.8. The highest BCUT2D eigenvalue weighted by Crippen LogP contribution is 2.17. The maximum absolute atomic E-state index is 12.1. The molecule has 0 bridgehead atoms. The highest BCUT2D eigenvalue weighted by atomic mass is 16.5. The summed E-state index contributed by atoms with van der Waals surface area (Å²) < 4.78 is 5.36. The third-order valence-electron chi connectivity index (χ3n) is 5.13. The number of hydrogen-bond donors (Lipinski definition) is 0. The molecule has 0 aliphatic carbocycles. The van der Waals surface area contributed by atoms with E-state index in [1.54, 1.807) is 12.1 Å². The van der Waals surface area contributed by atoms with E-state index in [0.717, 1.165) is 24.8 Å². The molecule has 0 unspecified atom stereocenters. The second kappa shape index (κ2) is 13.9. The Kier molecular flexibility index (Phi) is 11.0. The van der Waals surface area contributed by atoms with Crippen molar-refractivity contribution in [2.75, 3.05) is 6.61 Å². The van der Waals surface area contributed by atoms with Crippen molar-refractivity contribution in [2.45, 2.75) is 84.5 Å². The van der Waals surface area contributed by atoms with E-state index in [0.29, 0.717) is 18.0 Å². The number of ether oxygens (including phenoxy) is 1. The summed E-state index contributed by atoms with van der Waals surface area (Å²) in [6.45, 7) is 4.92. The number of esters is 1. The van der Waals surface area contributed by atoms with Crippen molar-refractivity contribution >= 4 is 5.97 Å². The molecule has 1 aromatic carbocycles. The van der Waals surface area contributed by atoms with E-state index in [-0.39, 0.29) is 5.97 Å². The average molecular weight is 397 g/mol. The van der Waals surface area contributed by atoms with Gasteiger partial charge < -0.3 is 4.74 Å². The zero-order valence-electron chi connectivity index (χ0n) is 18.2. The predicted octanol–water partition coefficient (Wildman–Crippen LogP) is 6.78. The number of carbonyl (C=O) groups excluding carboxylic acids is 1. The lowest BCUT2D eigenvalue weighted by atomic mass is 10.1. The maximum Gasteiger partial charge on any atom is 0.338 e. The number of aromatic nitrogens is 2. The molecule has 0 fully saturated rings. The molecule has 0 saturated carbocycles. The minimum absolute atomic E-state index is 0.258. The summed E-state index contributed by atoms with van der Waals surface area (Å²) in [6.07, 6.45) is 17.0. The summed E-state index contributed by atoms with van der Waals surface area (Å²) in [5, 5.41) is 0. The number of unbranched alkanes of at least 4 members (excludes halogenated alkanes) is 8. The van der Waals surface area contributed by atoms with Gasteiger partial charge in [-0.2, -0.15) is 0 Å². The Balaban J connectivity index is 1.78. The van der Waals surface area contributed by atoms with Crippen LogP contribution in [0.4, 0.5) is 0 Å². The third kappa shape index (κ3) is 8.76. The van der Waals surface area contributed by atoms with Crippen LogP contribution in [-0.2, 0) is 11.2 Å². The molecule has 0 spiro atoms. The fourth-order valence-corrected chi connectivity index (χ4v) is 3.27. The van der Waals surface area contributed by atoms with Crippen LogP contribution in [0, 0.1) is 0 Å². The van der Waals surface area contributed by atoms with Crippen molar-refractivity contribution in [1.29, 1.82) is 0 Å². The Morgan fingerprint density at radius 1 is 0.793 bits per heavy atom. The van der Waals surface area contributed by atoms with Crippen LogP contribution in [0.5, 0.6) is 0 Å². The zero-order valence-corrected chi connectivity index (χ0v) is 18.2. The van der Waals surface area contributed by atoms with E-state index in [9.17, 15) is 4.79 Å². The molecular weight excluding hydrogens is 360 g/mol. The smallest absolute Gasteiger partial charge is 0.338 e. The summed E-state index contributed by atoms with van der Waals surface area (Å²) in [6, 6.07) is 7.36. The van der Waals surface area contributed by atoms with Crippen molar-refractivity contribution in [3.05, 3.63) is 47.8 Å². The number of carbonyl (C=O) groups is 1.